The molecule has 0 radical (unpaired) electrons. The summed E-state index contributed by atoms with van der Waals surface area (Å²) in [5.74, 6) is 0.601. The van der Waals surface area contributed by atoms with Crippen molar-refractivity contribution in [2.24, 2.45) is 0 Å². The number of rotatable bonds is 6. The topological polar surface area (TPSA) is 55.2 Å². The molecule has 0 aliphatic heterocycles. The van der Waals surface area contributed by atoms with E-state index in [9.17, 15) is 9.59 Å². The Hall–Kier alpha value is -2.31. The Balaban J connectivity index is 2.14. The number of benzene rings is 2. The van der Waals surface area contributed by atoms with Gasteiger partial charge in [0, 0.05) is 19.1 Å². The third kappa shape index (κ3) is 4.65. The Labute approximate surface area is 179 Å². The molecule has 0 fully saturated rings. The molecule has 1 atom stereocenters. The Morgan fingerprint density at radius 2 is 1.90 bits per heavy atom. The second-order valence-electron chi connectivity index (χ2n) is 7.17. The summed E-state index contributed by atoms with van der Waals surface area (Å²) in [6, 6.07) is 13.0. The van der Waals surface area contributed by atoms with E-state index in [-0.39, 0.29) is 17.2 Å². The molecule has 29 heavy (non-hydrogen) atoms. The van der Waals surface area contributed by atoms with E-state index in [0.717, 1.165) is 12.1 Å². The van der Waals surface area contributed by atoms with E-state index in [0.29, 0.717) is 27.0 Å². The summed E-state index contributed by atoms with van der Waals surface area (Å²) in [5, 5.41) is 1.42. The van der Waals surface area contributed by atoms with E-state index in [1.54, 1.807) is 36.9 Å². The van der Waals surface area contributed by atoms with Crippen LogP contribution >= 0.6 is 23.4 Å². The normalized spacial score (nSPS) is 12.2. The lowest BCUT2D eigenvalue weighted by Gasteiger charge is -2.16. The molecule has 0 saturated heterocycles. The number of aromatic nitrogens is 2. The van der Waals surface area contributed by atoms with Crippen LogP contribution in [0.2, 0.25) is 5.02 Å². The van der Waals surface area contributed by atoms with E-state index >= 15 is 0 Å². The number of carbonyl (C=O) groups excluding carboxylic acids is 1. The lowest BCUT2D eigenvalue weighted by Crippen LogP contribution is -2.25. The molecule has 0 spiro atoms. The highest BCUT2D eigenvalue weighted by Crippen LogP contribution is 2.25. The molecular formula is C22H24ClN3O2S. The molecule has 7 heteroatoms. The van der Waals surface area contributed by atoms with Crippen molar-refractivity contribution in [1.29, 1.82) is 0 Å². The van der Waals surface area contributed by atoms with E-state index in [1.165, 1.54) is 22.2 Å². The maximum absolute atomic E-state index is 13.3. The van der Waals surface area contributed by atoms with Gasteiger partial charge in [-0.15, -0.1) is 0 Å². The average molecular weight is 430 g/mol. The second-order valence-corrected chi connectivity index (χ2v) is 8.55. The number of hydrogen-bond donors (Lipinski definition) is 0. The number of thioether (sulfide) groups is 1. The molecule has 3 aromatic rings. The zero-order chi connectivity index (χ0) is 21.1. The smallest absolute Gasteiger partial charge is 0.266 e. The summed E-state index contributed by atoms with van der Waals surface area (Å²) >= 11 is 7.36. The van der Waals surface area contributed by atoms with Gasteiger partial charge in [-0.2, -0.15) is 0 Å². The van der Waals surface area contributed by atoms with E-state index in [1.807, 2.05) is 24.3 Å². The highest BCUT2D eigenvalue weighted by atomic mass is 35.5. The van der Waals surface area contributed by atoms with Crippen molar-refractivity contribution in [1.82, 2.24) is 14.5 Å². The van der Waals surface area contributed by atoms with Gasteiger partial charge in [0.1, 0.15) is 0 Å². The van der Waals surface area contributed by atoms with E-state index in [2.05, 4.69) is 18.8 Å². The molecule has 1 aromatic heterocycles. The number of fused-ring (bicyclic) bond motifs is 1. The number of hydrogen-bond acceptors (Lipinski definition) is 4. The first kappa shape index (κ1) is 21.4. The zero-order valence-electron chi connectivity index (χ0n) is 17.0. The fraction of sp³-hybridized carbons (Fsp3) is 0.318. The summed E-state index contributed by atoms with van der Waals surface area (Å²) in [7, 11) is 3.42. The van der Waals surface area contributed by atoms with E-state index < -0.39 is 0 Å². The fourth-order valence-corrected chi connectivity index (χ4v) is 4.07. The molecule has 3 rings (SSSR count). The molecule has 0 bridgehead atoms. The Kier molecular flexibility index (Phi) is 6.65. The van der Waals surface area contributed by atoms with Gasteiger partial charge in [-0.3, -0.25) is 14.2 Å². The molecule has 1 amide bonds. The fourth-order valence-electron chi connectivity index (χ4n) is 2.90. The number of halogens is 1. The second kappa shape index (κ2) is 9.01. The van der Waals surface area contributed by atoms with Crippen LogP contribution < -0.4 is 5.56 Å². The molecule has 0 N–H and O–H groups in total. The van der Waals surface area contributed by atoms with Gasteiger partial charge in [0.2, 0.25) is 5.91 Å². The molecule has 1 unspecified atom stereocenters. The predicted octanol–water partition coefficient (Wildman–Crippen LogP) is 4.73. The van der Waals surface area contributed by atoms with Crippen LogP contribution in [-0.2, 0) is 4.79 Å². The molecule has 0 saturated carbocycles. The van der Waals surface area contributed by atoms with Crippen molar-refractivity contribution in [2.75, 3.05) is 19.8 Å². The summed E-state index contributed by atoms with van der Waals surface area (Å²) in [4.78, 5) is 31.6. The van der Waals surface area contributed by atoms with Gasteiger partial charge < -0.3 is 4.90 Å². The summed E-state index contributed by atoms with van der Waals surface area (Å²) in [6.07, 6.45) is 1.04. The van der Waals surface area contributed by atoms with Crippen LogP contribution in [0.15, 0.2) is 52.4 Å². The third-order valence-electron chi connectivity index (χ3n) is 4.96. The SMILES string of the molecule is CCC(C)c1ccc(-n2c(SCC(=O)N(C)C)nc3ccc(Cl)cc3c2=O)cc1. The van der Waals surface area contributed by atoms with Gasteiger partial charge in [0.15, 0.2) is 5.16 Å². The average Bonchev–Trinajstić information content (AvgIpc) is 2.72. The minimum atomic E-state index is -0.200. The van der Waals surface area contributed by atoms with Crippen LogP contribution in [0.4, 0.5) is 0 Å². The van der Waals surface area contributed by atoms with Crippen molar-refractivity contribution in [3.05, 3.63) is 63.4 Å². The largest absolute Gasteiger partial charge is 0.348 e. The van der Waals surface area contributed by atoms with Crippen molar-refractivity contribution in [2.45, 2.75) is 31.3 Å². The Morgan fingerprint density at radius 3 is 2.52 bits per heavy atom. The van der Waals surface area contributed by atoms with Crippen molar-refractivity contribution in [3.63, 3.8) is 0 Å². The summed E-state index contributed by atoms with van der Waals surface area (Å²) in [6.45, 7) is 4.32. The molecule has 5 nitrogen and oxygen atoms in total. The lowest BCUT2D eigenvalue weighted by molar-refractivity contribution is -0.125. The minimum absolute atomic E-state index is 0.0425. The summed E-state index contributed by atoms with van der Waals surface area (Å²) < 4.78 is 1.56. The van der Waals surface area contributed by atoms with E-state index in [4.69, 9.17) is 11.6 Å². The Bertz CT molecular complexity index is 1090. The molecule has 152 valence electrons. The molecule has 2 aromatic carbocycles. The van der Waals surface area contributed by atoms with Crippen LogP contribution in [-0.4, -0.2) is 40.2 Å². The number of nitrogens with zero attached hydrogens (tertiary/aromatic N) is 3. The minimum Gasteiger partial charge on any atom is -0.348 e. The van der Waals surface area contributed by atoms with Crippen LogP contribution in [0, 0.1) is 0 Å². The van der Waals surface area contributed by atoms with Gasteiger partial charge in [0.05, 0.1) is 22.3 Å². The molecular weight excluding hydrogens is 406 g/mol. The van der Waals surface area contributed by atoms with Crippen LogP contribution in [0.1, 0.15) is 31.7 Å². The van der Waals surface area contributed by atoms with Crippen molar-refractivity contribution >= 4 is 40.2 Å². The zero-order valence-corrected chi connectivity index (χ0v) is 18.5. The van der Waals surface area contributed by atoms with Gasteiger partial charge in [-0.05, 0) is 48.2 Å². The first-order valence-corrected chi connectivity index (χ1v) is 10.8. The van der Waals surface area contributed by atoms with Crippen LogP contribution in [0.5, 0.6) is 0 Å². The van der Waals surface area contributed by atoms with Crippen LogP contribution in [0.3, 0.4) is 0 Å². The molecule has 0 aliphatic carbocycles. The van der Waals surface area contributed by atoms with Crippen molar-refractivity contribution in [3.8, 4) is 5.69 Å². The lowest BCUT2D eigenvalue weighted by atomic mass is 9.98. The maximum atomic E-state index is 13.3. The van der Waals surface area contributed by atoms with Crippen molar-refractivity contribution < 1.29 is 4.79 Å². The molecule has 1 heterocycles. The highest BCUT2D eigenvalue weighted by molar-refractivity contribution is 7.99. The van der Waals surface area contributed by atoms with Crippen LogP contribution in [0.25, 0.3) is 16.6 Å². The monoisotopic (exact) mass is 429 g/mol. The highest BCUT2D eigenvalue weighted by Gasteiger charge is 2.16. The predicted molar refractivity (Wildman–Crippen MR) is 120 cm³/mol. The molecule has 0 aliphatic rings. The maximum Gasteiger partial charge on any atom is 0.266 e. The first-order chi connectivity index (χ1) is 13.8. The van der Waals surface area contributed by atoms with Gasteiger partial charge in [0.25, 0.3) is 5.56 Å². The number of amides is 1. The quantitative estimate of drug-likeness (QED) is 0.419. The Morgan fingerprint density at radius 1 is 1.21 bits per heavy atom. The third-order valence-corrected chi connectivity index (χ3v) is 6.11. The first-order valence-electron chi connectivity index (χ1n) is 9.47. The van der Waals surface area contributed by atoms with Gasteiger partial charge in [-0.1, -0.05) is 49.3 Å². The number of carbonyl (C=O) groups is 1. The van der Waals surface area contributed by atoms with Gasteiger partial charge >= 0.3 is 0 Å². The summed E-state index contributed by atoms with van der Waals surface area (Å²) in [5.41, 5.74) is 2.30. The van der Waals surface area contributed by atoms with Gasteiger partial charge in [-0.25, -0.2) is 4.98 Å². The standard InChI is InChI=1S/C22H24ClN3O2S/c1-5-14(2)15-6-9-17(10-7-15)26-21(28)18-12-16(23)8-11-19(18)24-22(26)29-13-20(27)25(3)4/h6-12,14H,5,13H2,1-4H3.